The topological polar surface area (TPSA) is 82.5 Å². The van der Waals surface area contributed by atoms with Crippen molar-refractivity contribution in [3.8, 4) is 0 Å². The molecule has 1 atom stereocenters. The molecule has 2 amide bonds. The Kier molecular flexibility index (Phi) is 3.84. The number of hydrogen-bond acceptors (Lipinski definition) is 3. The number of hydrogen-bond donors (Lipinski definition) is 2. The number of carbonyl (C=O) groups excluding carboxylic acids is 1. The lowest BCUT2D eigenvalue weighted by Crippen LogP contribution is -2.42. The standard InChI is InChI=1S/C14H15N3O3/c1-9(13(18)19)17(2)14(20)16-11-7-10-5-3-4-6-12(10)15-8-11/h3-9H,1-2H3,(H,16,20)(H,18,19). The van der Waals surface area contributed by atoms with Crippen LogP contribution in [0.4, 0.5) is 10.5 Å². The lowest BCUT2D eigenvalue weighted by Gasteiger charge is -2.21. The fourth-order valence-corrected chi connectivity index (χ4v) is 1.69. The summed E-state index contributed by atoms with van der Waals surface area (Å²) >= 11 is 0. The Morgan fingerprint density at radius 2 is 2.05 bits per heavy atom. The van der Waals surface area contributed by atoms with Crippen LogP contribution >= 0.6 is 0 Å². The summed E-state index contributed by atoms with van der Waals surface area (Å²) in [4.78, 5) is 28.1. The Balaban J connectivity index is 2.15. The zero-order valence-corrected chi connectivity index (χ0v) is 11.2. The minimum absolute atomic E-state index is 0.489. The third-order valence-electron chi connectivity index (χ3n) is 3.10. The number of aromatic nitrogens is 1. The molecular weight excluding hydrogens is 258 g/mol. The number of benzene rings is 1. The molecule has 0 saturated heterocycles. The maximum atomic E-state index is 11.9. The van der Waals surface area contributed by atoms with Gasteiger partial charge in [-0.2, -0.15) is 0 Å². The van der Waals surface area contributed by atoms with Crippen LogP contribution in [-0.2, 0) is 4.79 Å². The van der Waals surface area contributed by atoms with E-state index in [9.17, 15) is 9.59 Å². The first-order chi connectivity index (χ1) is 9.49. The zero-order valence-electron chi connectivity index (χ0n) is 11.2. The molecule has 1 aromatic carbocycles. The highest BCUT2D eigenvalue weighted by atomic mass is 16.4. The predicted octanol–water partition coefficient (Wildman–Crippen LogP) is 2.17. The fraction of sp³-hybridized carbons (Fsp3) is 0.214. The Bertz CT molecular complexity index is 657. The van der Waals surface area contributed by atoms with Crippen molar-refractivity contribution in [2.45, 2.75) is 13.0 Å². The molecular formula is C14H15N3O3. The van der Waals surface area contributed by atoms with Gasteiger partial charge in [-0.3, -0.25) is 4.98 Å². The third kappa shape index (κ3) is 2.85. The molecule has 2 N–H and O–H groups in total. The van der Waals surface area contributed by atoms with Gasteiger partial charge in [0.2, 0.25) is 0 Å². The van der Waals surface area contributed by atoms with Gasteiger partial charge >= 0.3 is 12.0 Å². The van der Waals surface area contributed by atoms with Crippen LogP contribution in [0.15, 0.2) is 36.5 Å². The van der Waals surface area contributed by atoms with Crippen LogP contribution in [0.25, 0.3) is 10.9 Å². The minimum Gasteiger partial charge on any atom is -0.480 e. The molecule has 104 valence electrons. The highest BCUT2D eigenvalue weighted by Gasteiger charge is 2.21. The van der Waals surface area contributed by atoms with Crippen molar-refractivity contribution in [1.82, 2.24) is 9.88 Å². The first-order valence-electron chi connectivity index (χ1n) is 6.10. The maximum absolute atomic E-state index is 11.9. The van der Waals surface area contributed by atoms with Gasteiger partial charge in [0, 0.05) is 12.4 Å². The molecule has 6 heteroatoms. The first kappa shape index (κ1) is 13.8. The number of likely N-dealkylation sites (N-methyl/N-ethyl adjacent to an activating group) is 1. The summed E-state index contributed by atoms with van der Waals surface area (Å²) in [6.07, 6.45) is 1.54. The number of anilines is 1. The average Bonchev–Trinajstić information content (AvgIpc) is 2.45. The second-order valence-corrected chi connectivity index (χ2v) is 4.47. The van der Waals surface area contributed by atoms with Gasteiger partial charge in [0.1, 0.15) is 6.04 Å². The number of rotatable bonds is 3. The number of nitrogens with one attached hydrogen (secondary N) is 1. The average molecular weight is 273 g/mol. The summed E-state index contributed by atoms with van der Waals surface area (Å²) in [5, 5.41) is 12.4. The van der Waals surface area contributed by atoms with E-state index in [4.69, 9.17) is 5.11 Å². The first-order valence-corrected chi connectivity index (χ1v) is 6.10. The Hall–Kier alpha value is -2.63. The summed E-state index contributed by atoms with van der Waals surface area (Å²) in [6.45, 7) is 1.44. The van der Waals surface area contributed by atoms with Gasteiger partial charge in [0.15, 0.2) is 0 Å². The van der Waals surface area contributed by atoms with Crippen molar-refractivity contribution < 1.29 is 14.7 Å². The highest BCUT2D eigenvalue weighted by Crippen LogP contribution is 2.16. The number of carboxylic acids is 1. The molecule has 6 nitrogen and oxygen atoms in total. The monoisotopic (exact) mass is 273 g/mol. The summed E-state index contributed by atoms with van der Waals surface area (Å²) in [6, 6.07) is 7.94. The Morgan fingerprint density at radius 1 is 1.35 bits per heavy atom. The number of urea groups is 1. The number of para-hydroxylation sites is 1. The second kappa shape index (κ2) is 5.56. The van der Waals surface area contributed by atoms with E-state index in [0.29, 0.717) is 5.69 Å². The Morgan fingerprint density at radius 3 is 2.75 bits per heavy atom. The smallest absolute Gasteiger partial charge is 0.326 e. The molecule has 0 spiro atoms. The lowest BCUT2D eigenvalue weighted by molar-refractivity contribution is -0.141. The van der Waals surface area contributed by atoms with Gasteiger partial charge < -0.3 is 15.3 Å². The van der Waals surface area contributed by atoms with Crippen LogP contribution in [0, 0.1) is 0 Å². The SMILES string of the molecule is CC(C(=O)O)N(C)C(=O)Nc1cnc2ccccc2c1. The number of fused-ring (bicyclic) bond motifs is 1. The number of carbonyl (C=O) groups is 2. The van der Waals surface area contributed by atoms with Crippen molar-refractivity contribution in [3.63, 3.8) is 0 Å². The van der Waals surface area contributed by atoms with Crippen molar-refractivity contribution in [3.05, 3.63) is 36.5 Å². The molecule has 2 rings (SSSR count). The molecule has 1 aromatic heterocycles. The van der Waals surface area contributed by atoms with E-state index in [-0.39, 0.29) is 0 Å². The van der Waals surface area contributed by atoms with Gasteiger partial charge in [-0.1, -0.05) is 18.2 Å². The molecule has 0 saturated carbocycles. The molecule has 0 bridgehead atoms. The molecule has 0 aliphatic heterocycles. The van der Waals surface area contributed by atoms with Crippen LogP contribution in [0.5, 0.6) is 0 Å². The molecule has 0 radical (unpaired) electrons. The van der Waals surface area contributed by atoms with E-state index >= 15 is 0 Å². The van der Waals surface area contributed by atoms with Crippen LogP contribution < -0.4 is 5.32 Å². The summed E-state index contributed by atoms with van der Waals surface area (Å²) in [5.74, 6) is -1.06. The summed E-state index contributed by atoms with van der Waals surface area (Å²) in [7, 11) is 1.43. The molecule has 0 aliphatic carbocycles. The van der Waals surface area contributed by atoms with Crippen LogP contribution in [0.1, 0.15) is 6.92 Å². The summed E-state index contributed by atoms with van der Waals surface area (Å²) < 4.78 is 0. The van der Waals surface area contributed by atoms with E-state index in [1.807, 2.05) is 24.3 Å². The quantitative estimate of drug-likeness (QED) is 0.897. The van der Waals surface area contributed by atoms with Gasteiger partial charge in [0.25, 0.3) is 0 Å². The van der Waals surface area contributed by atoms with Gasteiger partial charge in [-0.05, 0) is 19.1 Å². The second-order valence-electron chi connectivity index (χ2n) is 4.47. The highest BCUT2D eigenvalue weighted by molar-refractivity contribution is 5.93. The van der Waals surface area contributed by atoms with Crippen LogP contribution in [0.2, 0.25) is 0 Å². The normalized spacial score (nSPS) is 11.9. The molecule has 0 fully saturated rings. The van der Waals surface area contributed by atoms with Crippen molar-refractivity contribution in [1.29, 1.82) is 0 Å². The van der Waals surface area contributed by atoms with E-state index in [2.05, 4.69) is 10.3 Å². The van der Waals surface area contributed by atoms with Gasteiger partial charge in [0.05, 0.1) is 17.4 Å². The molecule has 1 unspecified atom stereocenters. The van der Waals surface area contributed by atoms with E-state index < -0.39 is 18.0 Å². The number of carboxylic acid groups (broad SMARTS) is 1. The number of pyridine rings is 1. The van der Waals surface area contributed by atoms with Gasteiger partial charge in [-0.15, -0.1) is 0 Å². The van der Waals surface area contributed by atoms with E-state index in [1.54, 1.807) is 12.3 Å². The van der Waals surface area contributed by atoms with Crippen LogP contribution in [-0.4, -0.2) is 40.1 Å². The number of nitrogens with zero attached hydrogens (tertiary/aromatic N) is 2. The molecule has 0 aliphatic rings. The fourth-order valence-electron chi connectivity index (χ4n) is 1.69. The van der Waals surface area contributed by atoms with Crippen molar-refractivity contribution in [2.24, 2.45) is 0 Å². The molecule has 1 heterocycles. The maximum Gasteiger partial charge on any atom is 0.326 e. The third-order valence-corrected chi connectivity index (χ3v) is 3.10. The Labute approximate surface area is 116 Å². The lowest BCUT2D eigenvalue weighted by atomic mass is 10.2. The largest absolute Gasteiger partial charge is 0.480 e. The van der Waals surface area contributed by atoms with Crippen LogP contribution in [0.3, 0.4) is 0 Å². The molecule has 20 heavy (non-hydrogen) atoms. The molecule has 2 aromatic rings. The van der Waals surface area contributed by atoms with E-state index in [0.717, 1.165) is 15.8 Å². The zero-order chi connectivity index (χ0) is 14.7. The number of aliphatic carboxylic acids is 1. The minimum atomic E-state index is -1.06. The predicted molar refractivity (Wildman–Crippen MR) is 75.6 cm³/mol. The summed E-state index contributed by atoms with van der Waals surface area (Å²) in [5.41, 5.74) is 1.36. The number of amides is 2. The van der Waals surface area contributed by atoms with Crippen molar-refractivity contribution >= 4 is 28.6 Å². The van der Waals surface area contributed by atoms with Gasteiger partial charge in [-0.25, -0.2) is 9.59 Å². The van der Waals surface area contributed by atoms with Crippen molar-refractivity contribution in [2.75, 3.05) is 12.4 Å². The van der Waals surface area contributed by atoms with E-state index in [1.165, 1.54) is 14.0 Å².